The molecule has 0 aliphatic carbocycles. The fourth-order valence-corrected chi connectivity index (χ4v) is 3.29. The first-order valence-electron chi connectivity index (χ1n) is 8.21. The molecule has 1 fully saturated rings. The summed E-state index contributed by atoms with van der Waals surface area (Å²) in [4.78, 5) is 16.0. The van der Waals surface area contributed by atoms with Gasteiger partial charge in [-0.1, -0.05) is 12.1 Å². The van der Waals surface area contributed by atoms with Gasteiger partial charge in [0.25, 0.3) is 0 Å². The van der Waals surface area contributed by atoms with Crippen molar-refractivity contribution in [1.29, 1.82) is 0 Å². The highest BCUT2D eigenvalue weighted by molar-refractivity contribution is 5.92. The van der Waals surface area contributed by atoms with E-state index in [0.717, 1.165) is 41.2 Å². The van der Waals surface area contributed by atoms with Crippen molar-refractivity contribution in [3.63, 3.8) is 0 Å². The van der Waals surface area contributed by atoms with Gasteiger partial charge in [0.1, 0.15) is 0 Å². The Bertz CT molecular complexity index is 1020. The summed E-state index contributed by atoms with van der Waals surface area (Å²) in [5.74, 6) is 1.59. The lowest BCUT2D eigenvalue weighted by molar-refractivity contribution is 0.835. The number of aromatic nitrogens is 5. The zero-order valence-corrected chi connectivity index (χ0v) is 13.1. The van der Waals surface area contributed by atoms with Crippen molar-refractivity contribution in [2.24, 2.45) is 0 Å². The van der Waals surface area contributed by atoms with Gasteiger partial charge in [-0.25, -0.2) is 9.97 Å². The average Bonchev–Trinajstić information content (AvgIpc) is 3.32. The molecule has 0 unspecified atom stereocenters. The van der Waals surface area contributed by atoms with Crippen molar-refractivity contribution in [2.75, 3.05) is 18.0 Å². The Kier molecular flexibility index (Phi) is 2.94. The predicted molar refractivity (Wildman–Crippen MR) is 93.0 cm³/mol. The van der Waals surface area contributed by atoms with Gasteiger partial charge >= 0.3 is 0 Å². The van der Waals surface area contributed by atoms with Gasteiger partial charge in [0.15, 0.2) is 11.5 Å². The SMILES string of the molecule is c1ccc2c(c1)nc(N1CCCC1)n1nc(-c3ccncc3)nc21. The molecule has 1 saturated heterocycles. The molecule has 118 valence electrons. The van der Waals surface area contributed by atoms with Crippen molar-refractivity contribution in [1.82, 2.24) is 24.6 Å². The van der Waals surface area contributed by atoms with Gasteiger partial charge in [-0.05, 0) is 37.1 Å². The van der Waals surface area contributed by atoms with Crippen LogP contribution in [0.15, 0.2) is 48.8 Å². The van der Waals surface area contributed by atoms with E-state index in [1.807, 2.05) is 34.8 Å². The molecule has 3 aromatic heterocycles. The Hall–Kier alpha value is -3.02. The number of hydrogen-bond donors (Lipinski definition) is 0. The zero-order valence-electron chi connectivity index (χ0n) is 13.1. The standard InChI is InChI=1S/C18H16N6/c1-2-6-15-14(5-1)17-21-16(13-7-9-19-10-8-13)22-24(17)18(20-15)23-11-3-4-12-23/h1-2,5-10H,3-4,11-12H2. The molecule has 5 rings (SSSR count). The van der Waals surface area contributed by atoms with Gasteiger partial charge in [-0.15, -0.1) is 5.10 Å². The molecule has 0 spiro atoms. The lowest BCUT2D eigenvalue weighted by atomic mass is 10.2. The average molecular weight is 316 g/mol. The molecule has 0 saturated carbocycles. The normalized spacial score (nSPS) is 14.8. The van der Waals surface area contributed by atoms with E-state index in [-0.39, 0.29) is 0 Å². The summed E-state index contributed by atoms with van der Waals surface area (Å²) in [7, 11) is 0. The first kappa shape index (κ1) is 13.4. The van der Waals surface area contributed by atoms with Crippen molar-refractivity contribution in [3.8, 4) is 11.4 Å². The molecule has 0 amide bonds. The van der Waals surface area contributed by atoms with Crippen molar-refractivity contribution >= 4 is 22.5 Å². The molecule has 0 radical (unpaired) electrons. The number of hydrogen-bond acceptors (Lipinski definition) is 5. The summed E-state index contributed by atoms with van der Waals surface area (Å²) in [6.45, 7) is 2.04. The smallest absolute Gasteiger partial charge is 0.229 e. The molecule has 4 aromatic rings. The van der Waals surface area contributed by atoms with Crippen LogP contribution in [0.1, 0.15) is 12.8 Å². The van der Waals surface area contributed by atoms with E-state index in [0.29, 0.717) is 5.82 Å². The van der Waals surface area contributed by atoms with Crippen LogP contribution in [-0.2, 0) is 0 Å². The van der Waals surface area contributed by atoms with Crippen LogP contribution in [0, 0.1) is 0 Å². The molecule has 1 aromatic carbocycles. The monoisotopic (exact) mass is 316 g/mol. The molecule has 1 aliphatic heterocycles. The van der Waals surface area contributed by atoms with Gasteiger partial charge in [0, 0.05) is 36.4 Å². The molecule has 24 heavy (non-hydrogen) atoms. The predicted octanol–water partition coefficient (Wildman–Crippen LogP) is 2.94. The highest BCUT2D eigenvalue weighted by Gasteiger charge is 2.20. The number of fused-ring (bicyclic) bond motifs is 3. The Balaban J connectivity index is 1.81. The van der Waals surface area contributed by atoms with Crippen LogP contribution in [0.5, 0.6) is 0 Å². The highest BCUT2D eigenvalue weighted by atomic mass is 15.4. The van der Waals surface area contributed by atoms with Crippen LogP contribution in [0.3, 0.4) is 0 Å². The molecule has 6 nitrogen and oxygen atoms in total. The molecule has 1 aliphatic rings. The van der Waals surface area contributed by atoms with Crippen LogP contribution >= 0.6 is 0 Å². The second-order valence-corrected chi connectivity index (χ2v) is 6.03. The van der Waals surface area contributed by atoms with Gasteiger partial charge < -0.3 is 4.90 Å². The third-order valence-corrected chi connectivity index (χ3v) is 4.49. The largest absolute Gasteiger partial charge is 0.341 e. The minimum atomic E-state index is 0.705. The van der Waals surface area contributed by atoms with Crippen molar-refractivity contribution in [3.05, 3.63) is 48.8 Å². The van der Waals surface area contributed by atoms with Crippen LogP contribution in [0.2, 0.25) is 0 Å². The second kappa shape index (κ2) is 5.26. The zero-order chi connectivity index (χ0) is 15.9. The van der Waals surface area contributed by atoms with E-state index in [1.54, 1.807) is 12.4 Å². The van der Waals surface area contributed by atoms with Crippen molar-refractivity contribution in [2.45, 2.75) is 12.8 Å². The maximum absolute atomic E-state index is 4.87. The van der Waals surface area contributed by atoms with Crippen LogP contribution in [0.25, 0.3) is 27.9 Å². The van der Waals surface area contributed by atoms with Crippen LogP contribution in [-0.4, -0.2) is 37.7 Å². The third kappa shape index (κ3) is 2.03. The van der Waals surface area contributed by atoms with Crippen LogP contribution in [0.4, 0.5) is 5.95 Å². The topological polar surface area (TPSA) is 59.2 Å². The number of rotatable bonds is 2. The molecule has 0 bridgehead atoms. The Labute approximate surface area is 138 Å². The molecule has 6 heteroatoms. The summed E-state index contributed by atoms with van der Waals surface area (Å²) in [6.07, 6.45) is 5.92. The summed E-state index contributed by atoms with van der Waals surface area (Å²) in [5, 5.41) is 5.77. The van der Waals surface area contributed by atoms with Gasteiger partial charge in [0.2, 0.25) is 5.95 Å². The minimum Gasteiger partial charge on any atom is -0.341 e. The van der Waals surface area contributed by atoms with E-state index < -0.39 is 0 Å². The first-order valence-corrected chi connectivity index (χ1v) is 8.21. The minimum absolute atomic E-state index is 0.705. The quantitative estimate of drug-likeness (QED) is 0.569. The second-order valence-electron chi connectivity index (χ2n) is 6.03. The Morgan fingerprint density at radius 1 is 0.875 bits per heavy atom. The summed E-state index contributed by atoms with van der Waals surface area (Å²) < 4.78 is 1.89. The van der Waals surface area contributed by atoms with Crippen LogP contribution < -0.4 is 4.90 Å². The summed E-state index contributed by atoms with van der Waals surface area (Å²) in [5.41, 5.74) is 2.78. The lowest BCUT2D eigenvalue weighted by Crippen LogP contribution is -2.22. The maximum atomic E-state index is 4.87. The van der Waals surface area contributed by atoms with E-state index in [4.69, 9.17) is 15.1 Å². The van der Waals surface area contributed by atoms with Gasteiger partial charge in [-0.3, -0.25) is 4.98 Å². The van der Waals surface area contributed by atoms with Gasteiger partial charge in [0.05, 0.1) is 5.52 Å². The number of nitrogens with zero attached hydrogens (tertiary/aromatic N) is 6. The summed E-state index contributed by atoms with van der Waals surface area (Å²) >= 11 is 0. The number of benzene rings is 1. The Morgan fingerprint density at radius 3 is 2.50 bits per heavy atom. The summed E-state index contributed by atoms with van der Waals surface area (Å²) in [6, 6.07) is 12.0. The Morgan fingerprint density at radius 2 is 1.67 bits per heavy atom. The molecule has 0 atom stereocenters. The first-order chi connectivity index (χ1) is 11.9. The molecular formula is C18H16N6. The fourth-order valence-electron chi connectivity index (χ4n) is 3.29. The van der Waals surface area contributed by atoms with Crippen molar-refractivity contribution < 1.29 is 0 Å². The fraction of sp³-hybridized carbons (Fsp3) is 0.222. The molecule has 0 N–H and O–H groups in total. The maximum Gasteiger partial charge on any atom is 0.229 e. The molecule has 4 heterocycles. The van der Waals surface area contributed by atoms with E-state index in [1.165, 1.54) is 12.8 Å². The van der Waals surface area contributed by atoms with E-state index >= 15 is 0 Å². The van der Waals surface area contributed by atoms with E-state index in [2.05, 4.69) is 16.0 Å². The van der Waals surface area contributed by atoms with E-state index in [9.17, 15) is 0 Å². The number of para-hydroxylation sites is 1. The lowest BCUT2D eigenvalue weighted by Gasteiger charge is -2.17. The number of pyridine rings is 1. The third-order valence-electron chi connectivity index (χ3n) is 4.49. The molecular weight excluding hydrogens is 300 g/mol. The number of anilines is 1. The highest BCUT2D eigenvalue weighted by Crippen LogP contribution is 2.27. The van der Waals surface area contributed by atoms with Gasteiger partial charge in [-0.2, -0.15) is 4.52 Å².